The van der Waals surface area contributed by atoms with Gasteiger partial charge in [-0.25, -0.2) is 4.39 Å². The van der Waals surface area contributed by atoms with E-state index in [9.17, 15) is 4.39 Å². The summed E-state index contributed by atoms with van der Waals surface area (Å²) in [5.41, 5.74) is 10.2. The first-order valence-corrected chi connectivity index (χ1v) is 6.86. The van der Waals surface area contributed by atoms with E-state index >= 15 is 0 Å². The first kappa shape index (κ1) is 12.6. The first-order chi connectivity index (χ1) is 9.16. The summed E-state index contributed by atoms with van der Waals surface area (Å²) in [4.78, 5) is 0. The van der Waals surface area contributed by atoms with E-state index < -0.39 is 6.04 Å². The molecule has 1 nitrogen and oxygen atoms in total. The molecule has 0 heterocycles. The molecule has 3 heteroatoms. The lowest BCUT2D eigenvalue weighted by molar-refractivity contribution is 0.600. The zero-order chi connectivity index (χ0) is 13.4. The number of rotatable bonds is 2. The summed E-state index contributed by atoms with van der Waals surface area (Å²) in [6, 6.07) is 10.3. The van der Waals surface area contributed by atoms with Crippen molar-refractivity contribution in [2.24, 2.45) is 5.73 Å². The molecule has 1 aliphatic carbocycles. The number of aryl methyl sites for hydroxylation is 2. The van der Waals surface area contributed by atoms with Crippen LogP contribution in [0, 0.1) is 5.82 Å². The number of hydrogen-bond acceptors (Lipinski definition) is 1. The van der Waals surface area contributed by atoms with Gasteiger partial charge < -0.3 is 5.73 Å². The minimum atomic E-state index is -0.514. The molecule has 2 N–H and O–H groups in total. The molecule has 2 aromatic rings. The molecule has 2 aromatic carbocycles. The lowest BCUT2D eigenvalue weighted by Crippen LogP contribution is -2.14. The van der Waals surface area contributed by atoms with Crippen molar-refractivity contribution < 1.29 is 4.39 Å². The van der Waals surface area contributed by atoms with Gasteiger partial charge in [0.2, 0.25) is 0 Å². The van der Waals surface area contributed by atoms with Crippen LogP contribution < -0.4 is 5.73 Å². The third-order valence-corrected chi connectivity index (χ3v) is 4.12. The predicted octanol–water partition coefficient (Wildman–Crippen LogP) is 4.02. The maximum Gasteiger partial charge on any atom is 0.129 e. The second kappa shape index (κ2) is 4.95. The Bertz CT molecular complexity index is 604. The van der Waals surface area contributed by atoms with E-state index in [2.05, 4.69) is 12.1 Å². The molecule has 0 bridgehead atoms. The summed E-state index contributed by atoms with van der Waals surface area (Å²) in [6.45, 7) is 0. The number of hydrogen-bond donors (Lipinski definition) is 1. The van der Waals surface area contributed by atoms with Crippen LogP contribution in [0.15, 0.2) is 36.4 Å². The zero-order valence-electron chi connectivity index (χ0n) is 10.5. The van der Waals surface area contributed by atoms with Crippen molar-refractivity contribution in [3.8, 4) is 0 Å². The smallest absolute Gasteiger partial charge is 0.129 e. The minimum Gasteiger partial charge on any atom is -0.320 e. The quantitative estimate of drug-likeness (QED) is 0.880. The fourth-order valence-corrected chi connectivity index (χ4v) is 3.04. The van der Waals surface area contributed by atoms with Crippen LogP contribution in [0.5, 0.6) is 0 Å². The van der Waals surface area contributed by atoms with Gasteiger partial charge >= 0.3 is 0 Å². The Labute approximate surface area is 117 Å². The molecule has 0 spiro atoms. The van der Waals surface area contributed by atoms with Crippen molar-refractivity contribution >= 4 is 11.6 Å². The largest absolute Gasteiger partial charge is 0.320 e. The van der Waals surface area contributed by atoms with Crippen LogP contribution in [0.4, 0.5) is 4.39 Å². The Hall–Kier alpha value is -1.38. The van der Waals surface area contributed by atoms with Gasteiger partial charge in [0.15, 0.2) is 0 Å². The molecule has 0 radical (unpaired) electrons. The highest BCUT2D eigenvalue weighted by molar-refractivity contribution is 6.31. The van der Waals surface area contributed by atoms with Crippen LogP contribution in [-0.4, -0.2) is 0 Å². The van der Waals surface area contributed by atoms with Crippen molar-refractivity contribution in [3.63, 3.8) is 0 Å². The number of fused-ring (bicyclic) bond motifs is 1. The van der Waals surface area contributed by atoms with Gasteiger partial charge in [-0.15, -0.1) is 0 Å². The number of nitrogens with two attached hydrogens (primary N) is 1. The van der Waals surface area contributed by atoms with Gasteiger partial charge in [0.05, 0.1) is 6.04 Å². The molecule has 1 atom stereocenters. The second-order valence-electron chi connectivity index (χ2n) is 4.99. The molecule has 0 aromatic heterocycles. The fourth-order valence-electron chi connectivity index (χ4n) is 2.76. The Morgan fingerprint density at radius 1 is 1.11 bits per heavy atom. The van der Waals surface area contributed by atoms with E-state index in [0.717, 1.165) is 18.4 Å². The Kier molecular flexibility index (Phi) is 3.29. The molecule has 0 saturated heterocycles. The van der Waals surface area contributed by atoms with E-state index in [1.54, 1.807) is 12.1 Å². The lowest BCUT2D eigenvalue weighted by atomic mass is 9.96. The first-order valence-electron chi connectivity index (χ1n) is 6.48. The molecule has 0 amide bonds. The zero-order valence-corrected chi connectivity index (χ0v) is 11.3. The molecule has 0 saturated carbocycles. The molecule has 1 aliphatic rings. The highest BCUT2D eigenvalue weighted by Gasteiger charge is 2.19. The van der Waals surface area contributed by atoms with Gasteiger partial charge in [-0.1, -0.05) is 35.9 Å². The predicted molar refractivity (Wildman–Crippen MR) is 75.9 cm³/mol. The van der Waals surface area contributed by atoms with Crippen LogP contribution in [0.1, 0.15) is 34.7 Å². The Balaban J connectivity index is 2.02. The molecule has 1 unspecified atom stereocenters. The van der Waals surface area contributed by atoms with Crippen LogP contribution in [-0.2, 0) is 12.8 Å². The minimum absolute atomic E-state index is 0.347. The van der Waals surface area contributed by atoms with Gasteiger partial charge in [0.1, 0.15) is 5.82 Å². The molecule has 19 heavy (non-hydrogen) atoms. The molecular formula is C16H15ClFN. The van der Waals surface area contributed by atoms with E-state index in [1.165, 1.54) is 23.6 Å². The Morgan fingerprint density at radius 3 is 2.68 bits per heavy atom. The summed E-state index contributed by atoms with van der Waals surface area (Å²) in [6.07, 6.45) is 3.40. The summed E-state index contributed by atoms with van der Waals surface area (Å²) in [7, 11) is 0. The number of benzene rings is 2. The van der Waals surface area contributed by atoms with Crippen molar-refractivity contribution in [2.75, 3.05) is 0 Å². The third-order valence-electron chi connectivity index (χ3n) is 3.79. The monoisotopic (exact) mass is 275 g/mol. The van der Waals surface area contributed by atoms with E-state index in [4.69, 9.17) is 17.3 Å². The van der Waals surface area contributed by atoms with Gasteiger partial charge in [-0.3, -0.25) is 0 Å². The maximum absolute atomic E-state index is 13.9. The summed E-state index contributed by atoms with van der Waals surface area (Å²) in [5.74, 6) is -0.347. The highest BCUT2D eigenvalue weighted by Crippen LogP contribution is 2.31. The lowest BCUT2D eigenvalue weighted by Gasteiger charge is -2.16. The number of halogens is 2. The highest BCUT2D eigenvalue weighted by atomic mass is 35.5. The van der Waals surface area contributed by atoms with Gasteiger partial charge in [0, 0.05) is 10.6 Å². The van der Waals surface area contributed by atoms with E-state index in [-0.39, 0.29) is 5.82 Å². The van der Waals surface area contributed by atoms with Crippen LogP contribution in [0.2, 0.25) is 5.02 Å². The average Bonchev–Trinajstić information content (AvgIpc) is 2.85. The summed E-state index contributed by atoms with van der Waals surface area (Å²) < 4.78 is 13.9. The maximum atomic E-state index is 13.9. The van der Waals surface area contributed by atoms with Crippen LogP contribution in [0.25, 0.3) is 0 Å². The van der Waals surface area contributed by atoms with Crippen LogP contribution >= 0.6 is 11.6 Å². The average molecular weight is 276 g/mol. The summed E-state index contributed by atoms with van der Waals surface area (Å²) in [5, 5.41) is 0.382. The standard InChI is InChI=1S/C16H15ClFN/c17-13-5-2-6-14(18)15(13)16(19)12-8-7-10-3-1-4-11(10)9-12/h2,5-9,16H,1,3-4,19H2. The van der Waals surface area contributed by atoms with E-state index in [0.29, 0.717) is 10.6 Å². The van der Waals surface area contributed by atoms with Gasteiger partial charge in [0.25, 0.3) is 0 Å². The molecule has 3 rings (SSSR count). The fraction of sp³-hybridized carbons (Fsp3) is 0.250. The van der Waals surface area contributed by atoms with Crippen LogP contribution in [0.3, 0.4) is 0 Å². The van der Waals surface area contributed by atoms with Gasteiger partial charge in [-0.2, -0.15) is 0 Å². The topological polar surface area (TPSA) is 26.0 Å². The van der Waals surface area contributed by atoms with Crippen molar-refractivity contribution in [2.45, 2.75) is 25.3 Å². The molecule has 0 fully saturated rings. The third kappa shape index (κ3) is 2.26. The van der Waals surface area contributed by atoms with Gasteiger partial charge in [-0.05, 0) is 48.1 Å². The normalized spacial score (nSPS) is 15.3. The van der Waals surface area contributed by atoms with Crippen molar-refractivity contribution in [3.05, 3.63) is 69.5 Å². The SMILES string of the molecule is NC(c1ccc2c(c1)CCC2)c1c(F)cccc1Cl. The van der Waals surface area contributed by atoms with Crippen molar-refractivity contribution in [1.29, 1.82) is 0 Å². The molecular weight excluding hydrogens is 261 g/mol. The molecule has 98 valence electrons. The molecule has 0 aliphatic heterocycles. The van der Waals surface area contributed by atoms with Crippen molar-refractivity contribution in [1.82, 2.24) is 0 Å². The Morgan fingerprint density at radius 2 is 1.89 bits per heavy atom. The second-order valence-corrected chi connectivity index (χ2v) is 5.40. The summed E-state index contributed by atoms with van der Waals surface area (Å²) >= 11 is 6.07. The van der Waals surface area contributed by atoms with E-state index in [1.807, 2.05) is 6.07 Å².